The second-order valence-electron chi connectivity index (χ2n) is 5.57. The van der Waals surface area contributed by atoms with E-state index in [0.717, 1.165) is 18.7 Å². The van der Waals surface area contributed by atoms with Crippen LogP contribution in [-0.2, 0) is 4.79 Å². The van der Waals surface area contributed by atoms with Crippen LogP contribution in [0.4, 0.5) is 0 Å². The molecule has 1 aliphatic carbocycles. The highest BCUT2D eigenvalue weighted by molar-refractivity contribution is 7.99. The van der Waals surface area contributed by atoms with Crippen molar-refractivity contribution in [3.05, 3.63) is 5.82 Å². The molecular weight excluding hydrogens is 250 g/mol. The number of hydrogen-bond acceptors (Lipinski definition) is 5. The van der Waals surface area contributed by atoms with Crippen molar-refractivity contribution >= 4 is 17.7 Å². The first-order valence-corrected chi connectivity index (χ1v) is 6.99. The SMILES string of the molecule is CC(C)(C)NC(=O)CSc1nnc(C2CC2)n1N. The number of nitrogens with zero attached hydrogens (tertiary/aromatic N) is 3. The predicted molar refractivity (Wildman–Crippen MR) is 70.8 cm³/mol. The smallest absolute Gasteiger partial charge is 0.230 e. The Hall–Kier alpha value is -1.24. The molecule has 0 saturated heterocycles. The predicted octanol–water partition coefficient (Wildman–Crippen LogP) is 0.876. The molecule has 0 radical (unpaired) electrons. The monoisotopic (exact) mass is 269 g/mol. The number of amides is 1. The third-order valence-electron chi connectivity index (χ3n) is 2.48. The molecule has 6 nitrogen and oxygen atoms in total. The highest BCUT2D eigenvalue weighted by Crippen LogP contribution is 2.39. The van der Waals surface area contributed by atoms with Crippen LogP contribution in [0.25, 0.3) is 0 Å². The van der Waals surface area contributed by atoms with E-state index in [1.54, 1.807) is 0 Å². The van der Waals surface area contributed by atoms with Gasteiger partial charge in [0.25, 0.3) is 0 Å². The van der Waals surface area contributed by atoms with Crippen molar-refractivity contribution in [2.45, 2.75) is 50.2 Å². The molecule has 1 aromatic heterocycles. The number of nitrogens with two attached hydrogens (primary N) is 1. The largest absolute Gasteiger partial charge is 0.351 e. The van der Waals surface area contributed by atoms with Crippen molar-refractivity contribution in [1.82, 2.24) is 20.2 Å². The van der Waals surface area contributed by atoms with Crippen LogP contribution in [0.2, 0.25) is 0 Å². The van der Waals surface area contributed by atoms with Crippen molar-refractivity contribution in [3.8, 4) is 0 Å². The van der Waals surface area contributed by atoms with Crippen molar-refractivity contribution in [2.75, 3.05) is 11.6 Å². The summed E-state index contributed by atoms with van der Waals surface area (Å²) in [6, 6.07) is 0. The fourth-order valence-electron chi connectivity index (χ4n) is 1.59. The molecule has 0 spiro atoms. The Labute approximate surface area is 111 Å². The molecule has 7 heteroatoms. The first-order chi connectivity index (χ1) is 8.37. The maximum absolute atomic E-state index is 11.7. The van der Waals surface area contributed by atoms with Gasteiger partial charge in [-0.25, -0.2) is 4.68 Å². The Morgan fingerprint density at radius 1 is 1.50 bits per heavy atom. The van der Waals surface area contributed by atoms with Gasteiger partial charge in [0.1, 0.15) is 0 Å². The molecule has 0 aliphatic heterocycles. The summed E-state index contributed by atoms with van der Waals surface area (Å²) in [4.78, 5) is 11.7. The van der Waals surface area contributed by atoms with Gasteiger partial charge < -0.3 is 11.2 Å². The van der Waals surface area contributed by atoms with E-state index in [0.29, 0.717) is 16.8 Å². The lowest BCUT2D eigenvalue weighted by Crippen LogP contribution is -2.41. The van der Waals surface area contributed by atoms with E-state index in [4.69, 9.17) is 5.84 Å². The molecule has 1 aromatic rings. The van der Waals surface area contributed by atoms with E-state index in [2.05, 4.69) is 15.5 Å². The molecule has 100 valence electrons. The van der Waals surface area contributed by atoms with Crippen LogP contribution >= 0.6 is 11.8 Å². The third kappa shape index (κ3) is 3.38. The number of aromatic nitrogens is 3. The minimum Gasteiger partial charge on any atom is -0.351 e. The zero-order valence-corrected chi connectivity index (χ0v) is 11.8. The molecule has 3 N–H and O–H groups in total. The fraction of sp³-hybridized carbons (Fsp3) is 0.727. The Balaban J connectivity index is 1.88. The summed E-state index contributed by atoms with van der Waals surface area (Å²) in [7, 11) is 0. The van der Waals surface area contributed by atoms with Gasteiger partial charge in [0, 0.05) is 11.5 Å². The fourth-order valence-corrected chi connectivity index (χ4v) is 2.25. The maximum atomic E-state index is 11.7. The molecule has 0 unspecified atom stereocenters. The first kappa shape index (κ1) is 13.2. The van der Waals surface area contributed by atoms with Crippen LogP contribution in [0.1, 0.15) is 45.4 Å². The van der Waals surface area contributed by atoms with Gasteiger partial charge in [0.15, 0.2) is 5.82 Å². The molecule has 0 atom stereocenters. The van der Waals surface area contributed by atoms with Crippen LogP contribution in [0.3, 0.4) is 0 Å². The summed E-state index contributed by atoms with van der Waals surface area (Å²) < 4.78 is 1.51. The van der Waals surface area contributed by atoms with Crippen LogP contribution < -0.4 is 11.2 Å². The second kappa shape index (κ2) is 4.79. The minimum atomic E-state index is -0.215. The minimum absolute atomic E-state index is 0.0246. The van der Waals surface area contributed by atoms with E-state index in [9.17, 15) is 4.79 Å². The zero-order valence-electron chi connectivity index (χ0n) is 10.9. The van der Waals surface area contributed by atoms with Gasteiger partial charge in [-0.15, -0.1) is 10.2 Å². The molecule has 1 heterocycles. The average Bonchev–Trinajstić information content (AvgIpc) is 2.99. The molecule has 1 fully saturated rings. The van der Waals surface area contributed by atoms with E-state index in [-0.39, 0.29) is 11.4 Å². The van der Waals surface area contributed by atoms with Crippen LogP contribution in [-0.4, -0.2) is 32.1 Å². The number of rotatable bonds is 4. The molecule has 0 bridgehead atoms. The van der Waals surface area contributed by atoms with Gasteiger partial charge in [-0.05, 0) is 33.6 Å². The molecule has 1 amide bonds. The van der Waals surface area contributed by atoms with E-state index < -0.39 is 0 Å². The van der Waals surface area contributed by atoms with Crippen LogP contribution in [0.5, 0.6) is 0 Å². The maximum Gasteiger partial charge on any atom is 0.230 e. The highest BCUT2D eigenvalue weighted by atomic mass is 32.2. The number of nitrogen functional groups attached to an aromatic ring is 1. The molecule has 0 aromatic carbocycles. The average molecular weight is 269 g/mol. The van der Waals surface area contributed by atoms with E-state index >= 15 is 0 Å². The standard InChI is InChI=1S/C11H19N5OS/c1-11(2,3)13-8(17)6-18-10-15-14-9(16(10)12)7-4-5-7/h7H,4-6,12H2,1-3H3,(H,13,17). The van der Waals surface area contributed by atoms with Crippen molar-refractivity contribution in [3.63, 3.8) is 0 Å². The van der Waals surface area contributed by atoms with Crippen LogP contribution in [0, 0.1) is 0 Å². The Kier molecular flexibility index (Phi) is 3.52. The lowest BCUT2D eigenvalue weighted by molar-refractivity contribution is -0.119. The molecule has 18 heavy (non-hydrogen) atoms. The van der Waals surface area contributed by atoms with Gasteiger partial charge in [0.2, 0.25) is 11.1 Å². The van der Waals surface area contributed by atoms with Crippen molar-refractivity contribution in [1.29, 1.82) is 0 Å². The van der Waals surface area contributed by atoms with E-state index in [1.165, 1.54) is 16.4 Å². The number of nitrogens with one attached hydrogen (secondary N) is 1. The molecular formula is C11H19N5OS. The summed E-state index contributed by atoms with van der Waals surface area (Å²) in [5.74, 6) is 7.46. The van der Waals surface area contributed by atoms with Crippen molar-refractivity contribution in [2.24, 2.45) is 0 Å². The van der Waals surface area contributed by atoms with E-state index in [1.807, 2.05) is 20.8 Å². The van der Waals surface area contributed by atoms with Crippen LogP contribution in [0.15, 0.2) is 5.16 Å². The number of hydrogen-bond donors (Lipinski definition) is 2. The second-order valence-corrected chi connectivity index (χ2v) is 6.51. The quantitative estimate of drug-likeness (QED) is 0.626. The molecule has 2 rings (SSSR count). The Morgan fingerprint density at radius 3 is 2.72 bits per heavy atom. The van der Waals surface area contributed by atoms with Crippen molar-refractivity contribution < 1.29 is 4.79 Å². The number of carbonyl (C=O) groups is 1. The summed E-state index contributed by atoms with van der Waals surface area (Å²) in [6.45, 7) is 5.85. The Morgan fingerprint density at radius 2 is 2.17 bits per heavy atom. The lowest BCUT2D eigenvalue weighted by Gasteiger charge is -2.20. The highest BCUT2D eigenvalue weighted by Gasteiger charge is 2.30. The molecule has 1 aliphatic rings. The summed E-state index contributed by atoms with van der Waals surface area (Å²) in [5.41, 5.74) is -0.215. The lowest BCUT2D eigenvalue weighted by atomic mass is 10.1. The normalized spacial score (nSPS) is 15.7. The van der Waals surface area contributed by atoms with Gasteiger partial charge >= 0.3 is 0 Å². The topological polar surface area (TPSA) is 85.8 Å². The molecule has 1 saturated carbocycles. The summed E-state index contributed by atoms with van der Waals surface area (Å²) >= 11 is 1.31. The van der Waals surface area contributed by atoms with Gasteiger partial charge in [-0.3, -0.25) is 4.79 Å². The Bertz CT molecular complexity index is 447. The third-order valence-corrected chi connectivity index (χ3v) is 3.42. The first-order valence-electron chi connectivity index (χ1n) is 6.01. The summed E-state index contributed by atoms with van der Waals surface area (Å²) in [5, 5.41) is 11.6. The zero-order chi connectivity index (χ0) is 13.3. The number of thioether (sulfide) groups is 1. The van der Waals surface area contributed by atoms with Gasteiger partial charge in [-0.1, -0.05) is 11.8 Å². The van der Waals surface area contributed by atoms with Gasteiger partial charge in [0.05, 0.1) is 5.75 Å². The summed E-state index contributed by atoms with van der Waals surface area (Å²) in [6.07, 6.45) is 2.26. The van der Waals surface area contributed by atoms with Gasteiger partial charge in [-0.2, -0.15) is 0 Å². The number of carbonyl (C=O) groups excluding carboxylic acids is 1.